The van der Waals surface area contributed by atoms with Gasteiger partial charge in [-0.2, -0.15) is 0 Å². The third-order valence-electron chi connectivity index (χ3n) is 6.15. The number of hydrogen-bond acceptors (Lipinski definition) is 4. The van der Waals surface area contributed by atoms with Crippen molar-refractivity contribution in [3.63, 3.8) is 0 Å². The molecule has 0 aliphatic rings. The number of hydrogen-bond donors (Lipinski definition) is 1. The Balaban J connectivity index is 0.00000380. The van der Waals surface area contributed by atoms with E-state index in [1.807, 2.05) is 87.7 Å². The number of likely N-dealkylation sites (N-methyl/N-ethyl adjacent to an activating group) is 1. The van der Waals surface area contributed by atoms with Gasteiger partial charge >= 0.3 is 0 Å². The molecule has 194 valence electrons. The molecule has 0 bridgehead atoms. The number of carbonyl (C=O) groups excluding carboxylic acids is 1. The van der Waals surface area contributed by atoms with Crippen LogP contribution in [0.3, 0.4) is 0 Å². The van der Waals surface area contributed by atoms with E-state index < -0.39 is 0 Å². The molecule has 0 atom stereocenters. The first kappa shape index (κ1) is 28.0. The normalized spacial score (nSPS) is 10.8. The van der Waals surface area contributed by atoms with Gasteiger partial charge in [-0.25, -0.2) is 0 Å². The summed E-state index contributed by atoms with van der Waals surface area (Å²) < 4.78 is 5.77. The number of carbonyl (C=O) groups is 1. The quantitative estimate of drug-likeness (QED) is 0.317. The topological polar surface area (TPSA) is 65.6 Å². The van der Waals surface area contributed by atoms with Crippen molar-refractivity contribution < 1.29 is 9.53 Å². The van der Waals surface area contributed by atoms with Crippen LogP contribution in [0.5, 0.6) is 5.75 Å². The van der Waals surface area contributed by atoms with Crippen molar-refractivity contribution >= 4 is 29.2 Å². The fourth-order valence-corrected chi connectivity index (χ4v) is 4.08. The highest BCUT2D eigenvalue weighted by molar-refractivity contribution is 5.94. The van der Waals surface area contributed by atoms with Crippen LogP contribution in [0.15, 0.2) is 83.7 Å². The molecule has 0 fully saturated rings. The summed E-state index contributed by atoms with van der Waals surface area (Å²) in [6.07, 6.45) is 0.697. The number of H-pyrrole nitrogens is 1. The number of amides is 1. The third-order valence-corrected chi connectivity index (χ3v) is 6.15. The second kappa shape index (κ2) is 13.1. The minimum Gasteiger partial charge on any atom is -0.492 e. The van der Waals surface area contributed by atoms with Crippen molar-refractivity contribution in [2.75, 3.05) is 33.8 Å². The van der Waals surface area contributed by atoms with Crippen LogP contribution in [0.1, 0.15) is 27.0 Å². The number of aromatic nitrogens is 1. The number of rotatable bonds is 10. The second-order valence-electron chi connectivity index (χ2n) is 9.35. The fourth-order valence-electron chi connectivity index (χ4n) is 4.08. The lowest BCUT2D eigenvalue weighted by atomic mass is 10.1. The van der Waals surface area contributed by atoms with Gasteiger partial charge in [-0.3, -0.25) is 9.59 Å². The lowest BCUT2D eigenvalue weighted by Crippen LogP contribution is -2.34. The van der Waals surface area contributed by atoms with Crippen LogP contribution < -0.4 is 10.3 Å². The molecule has 0 unspecified atom stereocenters. The van der Waals surface area contributed by atoms with Gasteiger partial charge in [0.05, 0.1) is 6.54 Å². The van der Waals surface area contributed by atoms with E-state index in [1.54, 1.807) is 17.0 Å². The van der Waals surface area contributed by atoms with Crippen molar-refractivity contribution in [1.82, 2.24) is 14.8 Å². The number of aryl methyl sites for hydroxylation is 1. The van der Waals surface area contributed by atoms with Crippen LogP contribution >= 0.6 is 12.4 Å². The number of halogens is 1. The third kappa shape index (κ3) is 7.68. The second-order valence-corrected chi connectivity index (χ2v) is 9.35. The van der Waals surface area contributed by atoms with E-state index in [1.165, 1.54) is 0 Å². The summed E-state index contributed by atoms with van der Waals surface area (Å²) >= 11 is 0. The van der Waals surface area contributed by atoms with Gasteiger partial charge in [-0.15, -0.1) is 12.4 Å². The van der Waals surface area contributed by atoms with Crippen molar-refractivity contribution in [2.24, 2.45) is 0 Å². The van der Waals surface area contributed by atoms with Crippen molar-refractivity contribution in [3.05, 3.63) is 111 Å². The summed E-state index contributed by atoms with van der Waals surface area (Å²) in [4.78, 5) is 33.2. The molecule has 1 amide bonds. The van der Waals surface area contributed by atoms with Crippen LogP contribution in [-0.4, -0.2) is 54.5 Å². The zero-order valence-corrected chi connectivity index (χ0v) is 22.4. The van der Waals surface area contributed by atoms with Crippen molar-refractivity contribution in [3.8, 4) is 5.75 Å². The lowest BCUT2D eigenvalue weighted by molar-refractivity contribution is 0.0744. The molecule has 1 heterocycles. The van der Waals surface area contributed by atoms with Crippen LogP contribution in [0.2, 0.25) is 0 Å². The largest absolute Gasteiger partial charge is 0.492 e. The maximum Gasteiger partial charge on any atom is 0.254 e. The minimum absolute atomic E-state index is 0. The maximum absolute atomic E-state index is 13.6. The van der Waals surface area contributed by atoms with Crippen molar-refractivity contribution in [2.45, 2.75) is 19.9 Å². The maximum atomic E-state index is 13.6. The predicted octanol–water partition coefficient (Wildman–Crippen LogP) is 5.08. The fraction of sp³-hybridized carbons (Fsp3) is 0.267. The van der Waals surface area contributed by atoms with E-state index in [2.05, 4.69) is 9.88 Å². The first-order valence-corrected chi connectivity index (χ1v) is 12.2. The highest BCUT2D eigenvalue weighted by atomic mass is 35.5. The molecule has 3 aromatic carbocycles. The molecule has 0 aliphatic heterocycles. The molecular weight excluding hydrogens is 486 g/mol. The number of aromatic amines is 1. The summed E-state index contributed by atoms with van der Waals surface area (Å²) in [6, 6.07) is 25.1. The van der Waals surface area contributed by atoms with E-state index in [4.69, 9.17) is 4.74 Å². The molecular formula is C30H34ClN3O3. The van der Waals surface area contributed by atoms with E-state index in [9.17, 15) is 9.59 Å². The number of ether oxygens (including phenoxy) is 1. The highest BCUT2D eigenvalue weighted by Gasteiger charge is 2.18. The summed E-state index contributed by atoms with van der Waals surface area (Å²) in [6.45, 7) is 4.14. The number of nitrogens with one attached hydrogen (secondary N) is 1. The van der Waals surface area contributed by atoms with Gasteiger partial charge in [0.2, 0.25) is 0 Å². The minimum atomic E-state index is -0.173. The molecule has 0 aliphatic carbocycles. The molecule has 7 heteroatoms. The smallest absolute Gasteiger partial charge is 0.254 e. The number of benzene rings is 3. The Labute approximate surface area is 224 Å². The van der Waals surface area contributed by atoms with Gasteiger partial charge in [0.15, 0.2) is 0 Å². The van der Waals surface area contributed by atoms with E-state index in [0.29, 0.717) is 30.7 Å². The van der Waals surface area contributed by atoms with Crippen LogP contribution in [-0.2, 0) is 13.0 Å². The van der Waals surface area contributed by atoms with Crippen molar-refractivity contribution in [1.29, 1.82) is 0 Å². The summed E-state index contributed by atoms with van der Waals surface area (Å²) in [7, 11) is 3.99. The van der Waals surface area contributed by atoms with Crippen LogP contribution in [0, 0.1) is 6.92 Å². The van der Waals surface area contributed by atoms with E-state index >= 15 is 0 Å². The molecule has 6 nitrogen and oxygen atoms in total. The molecule has 4 rings (SSSR count). The molecule has 0 spiro atoms. The van der Waals surface area contributed by atoms with E-state index in [0.717, 1.165) is 34.3 Å². The molecule has 0 saturated heterocycles. The molecule has 1 aromatic heterocycles. The number of fused-ring (bicyclic) bond motifs is 1. The Kier molecular flexibility index (Phi) is 9.89. The predicted molar refractivity (Wildman–Crippen MR) is 152 cm³/mol. The van der Waals surface area contributed by atoms with Gasteiger partial charge in [-0.1, -0.05) is 42.0 Å². The summed E-state index contributed by atoms with van der Waals surface area (Å²) in [5.41, 5.74) is 4.01. The zero-order chi connectivity index (χ0) is 25.5. The highest BCUT2D eigenvalue weighted by Crippen LogP contribution is 2.18. The Morgan fingerprint density at radius 2 is 1.65 bits per heavy atom. The van der Waals surface area contributed by atoms with Gasteiger partial charge in [-0.05, 0) is 80.9 Å². The number of nitrogens with zero attached hydrogens (tertiary/aromatic N) is 2. The van der Waals surface area contributed by atoms with Crippen LogP contribution in [0.4, 0.5) is 0 Å². The van der Waals surface area contributed by atoms with Gasteiger partial charge in [0.25, 0.3) is 11.5 Å². The molecule has 0 radical (unpaired) electrons. The first-order chi connectivity index (χ1) is 17.4. The SMILES string of the molecule is Cc1ccc2[nH]c(=O)c(CN(CCc3ccccc3)C(=O)c3ccc(OCCN(C)C)cc3)cc2c1.Cl. The Bertz CT molecular complexity index is 1370. The number of pyridine rings is 1. The molecule has 37 heavy (non-hydrogen) atoms. The first-order valence-electron chi connectivity index (χ1n) is 12.2. The summed E-state index contributed by atoms with van der Waals surface area (Å²) in [5, 5.41) is 0.958. The average Bonchev–Trinajstić information content (AvgIpc) is 2.87. The molecule has 4 aromatic rings. The Morgan fingerprint density at radius 3 is 2.35 bits per heavy atom. The lowest BCUT2D eigenvalue weighted by Gasteiger charge is -2.23. The molecule has 1 N–H and O–H groups in total. The molecule has 0 saturated carbocycles. The standard InChI is InChI=1S/C30H33N3O3.ClH/c1-22-9-14-28-25(19-22)20-26(29(34)31-28)21-33(16-15-23-7-5-4-6-8-23)30(35)24-10-12-27(13-11-24)36-18-17-32(2)3;/h4-14,19-20H,15-18,21H2,1-3H3,(H,31,34);1H. The Morgan fingerprint density at radius 1 is 0.919 bits per heavy atom. The summed E-state index contributed by atoms with van der Waals surface area (Å²) in [5.74, 6) is 0.611. The Hall–Kier alpha value is -3.61. The van der Waals surface area contributed by atoms with Gasteiger partial charge in [0, 0.05) is 29.7 Å². The monoisotopic (exact) mass is 519 g/mol. The van der Waals surface area contributed by atoms with Gasteiger partial charge < -0.3 is 19.5 Å². The van der Waals surface area contributed by atoms with Gasteiger partial charge in [0.1, 0.15) is 12.4 Å². The zero-order valence-electron chi connectivity index (χ0n) is 21.6. The van der Waals surface area contributed by atoms with Crippen LogP contribution in [0.25, 0.3) is 10.9 Å². The van der Waals surface area contributed by atoms with E-state index in [-0.39, 0.29) is 30.4 Å². The average molecular weight is 520 g/mol.